The highest BCUT2D eigenvalue weighted by Crippen LogP contribution is 2.32. The summed E-state index contributed by atoms with van der Waals surface area (Å²) >= 11 is 0. The van der Waals surface area contributed by atoms with Crippen molar-refractivity contribution in [2.24, 2.45) is 0 Å². The number of rotatable bonds is 4. The smallest absolute Gasteiger partial charge is 0.222 e. The molecule has 1 aromatic rings. The van der Waals surface area contributed by atoms with Gasteiger partial charge in [-0.25, -0.2) is 8.42 Å². The minimum absolute atomic E-state index is 0.0347. The summed E-state index contributed by atoms with van der Waals surface area (Å²) in [6.07, 6.45) is 2.17. The van der Waals surface area contributed by atoms with Crippen LogP contribution < -0.4 is 5.32 Å². The van der Waals surface area contributed by atoms with Gasteiger partial charge in [-0.1, -0.05) is 18.2 Å². The van der Waals surface area contributed by atoms with Crippen molar-refractivity contribution in [3.8, 4) is 0 Å². The lowest BCUT2D eigenvalue weighted by molar-refractivity contribution is -0.127. The molecule has 2 aliphatic rings. The van der Waals surface area contributed by atoms with E-state index in [2.05, 4.69) is 12.2 Å². The minimum atomic E-state index is -3.15. The van der Waals surface area contributed by atoms with Gasteiger partial charge in [-0.2, -0.15) is 0 Å². The molecule has 1 fully saturated rings. The average Bonchev–Trinajstić information content (AvgIpc) is 2.88. The topological polar surface area (TPSA) is 66.5 Å². The Morgan fingerprint density at radius 1 is 1.36 bits per heavy atom. The van der Waals surface area contributed by atoms with E-state index in [1.807, 2.05) is 17.0 Å². The molecule has 2 atom stereocenters. The maximum Gasteiger partial charge on any atom is 0.222 e. The van der Waals surface area contributed by atoms with Crippen LogP contribution in [0.15, 0.2) is 29.2 Å². The van der Waals surface area contributed by atoms with Gasteiger partial charge in [-0.05, 0) is 31.4 Å². The van der Waals surface area contributed by atoms with Crippen LogP contribution >= 0.6 is 0 Å². The van der Waals surface area contributed by atoms with Gasteiger partial charge < -0.3 is 10.2 Å². The first-order valence-corrected chi connectivity index (χ1v) is 9.48. The quantitative estimate of drug-likeness (QED) is 0.912. The average molecular weight is 322 g/mol. The Kier molecular flexibility index (Phi) is 4.23. The van der Waals surface area contributed by atoms with Crippen molar-refractivity contribution < 1.29 is 13.2 Å². The van der Waals surface area contributed by atoms with Crippen LogP contribution in [0.3, 0.4) is 0 Å². The number of amides is 1. The minimum Gasteiger partial charge on any atom is -0.341 e. The van der Waals surface area contributed by atoms with Crippen molar-refractivity contribution in [1.82, 2.24) is 10.2 Å². The van der Waals surface area contributed by atoms with E-state index < -0.39 is 9.84 Å². The van der Waals surface area contributed by atoms with E-state index in [0.717, 1.165) is 18.5 Å². The van der Waals surface area contributed by atoms with E-state index in [9.17, 15) is 13.2 Å². The van der Waals surface area contributed by atoms with Crippen LogP contribution in [0.4, 0.5) is 0 Å². The first kappa shape index (κ1) is 15.5. The number of carbonyl (C=O) groups is 1. The van der Waals surface area contributed by atoms with Gasteiger partial charge in [0, 0.05) is 31.6 Å². The second kappa shape index (κ2) is 6.01. The van der Waals surface area contributed by atoms with Crippen LogP contribution in [0, 0.1) is 0 Å². The number of carbonyl (C=O) groups excluding carboxylic acids is 1. The van der Waals surface area contributed by atoms with Gasteiger partial charge in [0.25, 0.3) is 0 Å². The van der Waals surface area contributed by atoms with E-state index in [1.165, 1.54) is 0 Å². The number of sulfone groups is 1. The number of hydrogen-bond donors (Lipinski definition) is 1. The highest BCUT2D eigenvalue weighted by molar-refractivity contribution is 7.91. The zero-order chi connectivity index (χ0) is 15.7. The summed E-state index contributed by atoms with van der Waals surface area (Å²) in [5.41, 5.74) is 0.855. The lowest BCUT2D eigenvalue weighted by atomic mass is 10.0. The third-order valence-corrected chi connectivity index (χ3v) is 6.27. The SMILES string of the molecule is CC(CN1CCCC1=O)NC1CCS(=O)(=O)c2ccccc21. The lowest BCUT2D eigenvalue weighted by Gasteiger charge is -2.30. The predicted molar refractivity (Wildman–Crippen MR) is 84.3 cm³/mol. The number of nitrogens with one attached hydrogen (secondary N) is 1. The van der Waals surface area contributed by atoms with Crippen LogP contribution in [0.1, 0.15) is 37.8 Å². The van der Waals surface area contributed by atoms with Crippen LogP contribution in [-0.2, 0) is 14.6 Å². The number of hydrogen-bond acceptors (Lipinski definition) is 4. The second-order valence-electron chi connectivity index (χ2n) is 6.21. The molecule has 1 saturated heterocycles. The maximum atomic E-state index is 12.1. The van der Waals surface area contributed by atoms with Crippen LogP contribution in [0.2, 0.25) is 0 Å². The Hall–Kier alpha value is -1.40. The molecule has 0 aromatic heterocycles. The molecule has 3 rings (SSSR count). The summed E-state index contributed by atoms with van der Waals surface area (Å²) in [5.74, 6) is 0.400. The van der Waals surface area contributed by atoms with Gasteiger partial charge in [-0.15, -0.1) is 0 Å². The number of fused-ring (bicyclic) bond motifs is 1. The molecule has 120 valence electrons. The van der Waals surface area contributed by atoms with E-state index in [1.54, 1.807) is 12.1 Å². The first-order valence-electron chi connectivity index (χ1n) is 7.83. The summed E-state index contributed by atoms with van der Waals surface area (Å²) in [6, 6.07) is 7.40. The zero-order valence-corrected chi connectivity index (χ0v) is 13.6. The van der Waals surface area contributed by atoms with E-state index in [0.29, 0.717) is 24.3 Å². The highest BCUT2D eigenvalue weighted by atomic mass is 32.2. The third-order valence-electron chi connectivity index (χ3n) is 4.46. The summed E-state index contributed by atoms with van der Waals surface area (Å²) in [5, 5.41) is 3.50. The molecule has 0 saturated carbocycles. The van der Waals surface area contributed by atoms with Crippen molar-refractivity contribution in [3.05, 3.63) is 29.8 Å². The van der Waals surface area contributed by atoms with E-state index in [4.69, 9.17) is 0 Å². The Morgan fingerprint density at radius 2 is 2.14 bits per heavy atom. The van der Waals surface area contributed by atoms with Crippen LogP contribution in [0.5, 0.6) is 0 Å². The molecule has 5 nitrogen and oxygen atoms in total. The van der Waals surface area contributed by atoms with Crippen molar-refractivity contribution in [2.75, 3.05) is 18.8 Å². The van der Waals surface area contributed by atoms with Gasteiger partial charge >= 0.3 is 0 Å². The number of likely N-dealkylation sites (tertiary alicyclic amines) is 1. The van der Waals surface area contributed by atoms with E-state index >= 15 is 0 Å². The third kappa shape index (κ3) is 3.03. The second-order valence-corrected chi connectivity index (χ2v) is 8.29. The predicted octanol–water partition coefficient (Wildman–Crippen LogP) is 1.51. The van der Waals surface area contributed by atoms with Gasteiger partial charge in [0.05, 0.1) is 10.6 Å². The van der Waals surface area contributed by atoms with Crippen LogP contribution in [-0.4, -0.2) is 44.1 Å². The maximum absolute atomic E-state index is 12.1. The number of benzene rings is 1. The largest absolute Gasteiger partial charge is 0.341 e. The molecule has 22 heavy (non-hydrogen) atoms. The van der Waals surface area contributed by atoms with Gasteiger partial charge in [0.15, 0.2) is 9.84 Å². The fraction of sp³-hybridized carbons (Fsp3) is 0.562. The van der Waals surface area contributed by atoms with Crippen LogP contribution in [0.25, 0.3) is 0 Å². The molecular weight excluding hydrogens is 300 g/mol. The van der Waals surface area contributed by atoms with Gasteiger partial charge in [-0.3, -0.25) is 4.79 Å². The van der Waals surface area contributed by atoms with E-state index in [-0.39, 0.29) is 23.7 Å². The molecule has 2 unspecified atom stereocenters. The van der Waals surface area contributed by atoms with Crippen molar-refractivity contribution in [1.29, 1.82) is 0 Å². The normalized spacial score (nSPS) is 25.0. The lowest BCUT2D eigenvalue weighted by Crippen LogP contribution is -2.42. The fourth-order valence-corrected chi connectivity index (χ4v) is 5.01. The Labute approximate surface area is 131 Å². The fourth-order valence-electron chi connectivity index (χ4n) is 3.39. The Morgan fingerprint density at radius 3 is 2.86 bits per heavy atom. The first-order chi connectivity index (χ1) is 10.5. The van der Waals surface area contributed by atoms with Crippen molar-refractivity contribution in [2.45, 2.75) is 43.2 Å². The Balaban J connectivity index is 1.72. The standard InChI is InChI=1S/C16H22N2O3S/c1-12(11-18-9-4-7-16(18)19)17-14-8-10-22(20,21)15-6-3-2-5-13(14)15/h2-3,5-6,12,14,17H,4,7-11H2,1H3. The van der Waals surface area contributed by atoms with Crippen molar-refractivity contribution >= 4 is 15.7 Å². The molecular formula is C16H22N2O3S. The van der Waals surface area contributed by atoms with Gasteiger partial charge in [0.1, 0.15) is 0 Å². The molecule has 1 aromatic carbocycles. The monoisotopic (exact) mass is 322 g/mol. The summed E-state index contributed by atoms with van der Waals surface area (Å²) in [4.78, 5) is 14.0. The molecule has 0 spiro atoms. The molecule has 1 N–H and O–H groups in total. The van der Waals surface area contributed by atoms with Crippen molar-refractivity contribution in [3.63, 3.8) is 0 Å². The van der Waals surface area contributed by atoms with Gasteiger partial charge in [0.2, 0.25) is 5.91 Å². The molecule has 2 heterocycles. The highest BCUT2D eigenvalue weighted by Gasteiger charge is 2.31. The molecule has 0 radical (unpaired) electrons. The molecule has 1 amide bonds. The summed E-state index contributed by atoms with van der Waals surface area (Å²) in [7, 11) is -3.15. The number of nitrogens with zero attached hydrogens (tertiary/aromatic N) is 1. The molecule has 2 aliphatic heterocycles. The summed E-state index contributed by atoms with van der Waals surface area (Å²) < 4.78 is 24.3. The summed E-state index contributed by atoms with van der Waals surface area (Å²) in [6.45, 7) is 3.57. The Bertz CT molecular complexity index is 672. The zero-order valence-electron chi connectivity index (χ0n) is 12.8. The molecule has 0 bridgehead atoms. The molecule has 6 heteroatoms. The molecule has 0 aliphatic carbocycles.